The SMILES string of the molecule is CC(C)(C)c1cc(NC(=O)c2n[nH]c(C(C)(C)C)n2)n[nH]1. The summed E-state index contributed by atoms with van der Waals surface area (Å²) >= 11 is 0. The second-order valence-electron chi connectivity index (χ2n) is 7.13. The summed E-state index contributed by atoms with van der Waals surface area (Å²) in [6.45, 7) is 12.2. The lowest BCUT2D eigenvalue weighted by Gasteiger charge is -2.14. The predicted octanol–water partition coefficient (Wildman–Crippen LogP) is 2.38. The monoisotopic (exact) mass is 290 g/mol. The summed E-state index contributed by atoms with van der Waals surface area (Å²) in [5.41, 5.74) is 0.709. The van der Waals surface area contributed by atoms with Gasteiger partial charge in [0, 0.05) is 22.6 Å². The second-order valence-corrected chi connectivity index (χ2v) is 7.13. The summed E-state index contributed by atoms with van der Waals surface area (Å²) in [6.07, 6.45) is 0. The van der Waals surface area contributed by atoms with Crippen molar-refractivity contribution in [2.24, 2.45) is 0 Å². The van der Waals surface area contributed by atoms with Crippen molar-refractivity contribution < 1.29 is 4.79 Å². The quantitative estimate of drug-likeness (QED) is 0.790. The summed E-state index contributed by atoms with van der Waals surface area (Å²) in [7, 11) is 0. The van der Waals surface area contributed by atoms with Gasteiger partial charge >= 0.3 is 0 Å². The maximum absolute atomic E-state index is 12.1. The zero-order chi connectivity index (χ0) is 15.8. The van der Waals surface area contributed by atoms with Crippen LogP contribution in [0.3, 0.4) is 0 Å². The van der Waals surface area contributed by atoms with Gasteiger partial charge in [-0.1, -0.05) is 41.5 Å². The second kappa shape index (κ2) is 4.98. The topological polar surface area (TPSA) is 99.3 Å². The Balaban J connectivity index is 2.11. The van der Waals surface area contributed by atoms with Crippen LogP contribution in [0.4, 0.5) is 5.82 Å². The third-order valence-corrected chi connectivity index (χ3v) is 3.03. The van der Waals surface area contributed by atoms with Crippen LogP contribution in [0.5, 0.6) is 0 Å². The van der Waals surface area contributed by atoms with Crippen molar-refractivity contribution in [2.45, 2.75) is 52.4 Å². The molecule has 0 radical (unpaired) electrons. The molecule has 2 aromatic rings. The standard InChI is InChI=1S/C14H22N6O/c1-13(2,3)8-7-9(18-17-8)15-11(21)10-16-12(20-19-10)14(4,5)6/h7H,1-6H3,(H,16,19,20)(H2,15,17,18,21). The summed E-state index contributed by atoms with van der Waals surface area (Å²) in [4.78, 5) is 16.3. The smallest absolute Gasteiger partial charge is 0.296 e. The summed E-state index contributed by atoms with van der Waals surface area (Å²) in [6, 6.07) is 1.81. The Kier molecular flexibility index (Phi) is 3.61. The molecule has 2 heterocycles. The van der Waals surface area contributed by atoms with E-state index < -0.39 is 0 Å². The van der Waals surface area contributed by atoms with Gasteiger partial charge in [-0.15, -0.1) is 5.10 Å². The minimum atomic E-state index is -0.381. The Bertz CT molecular complexity index is 641. The van der Waals surface area contributed by atoms with Crippen molar-refractivity contribution in [2.75, 3.05) is 5.32 Å². The molecule has 3 N–H and O–H groups in total. The first-order valence-electron chi connectivity index (χ1n) is 6.87. The summed E-state index contributed by atoms with van der Waals surface area (Å²) in [5, 5.41) is 16.4. The van der Waals surface area contributed by atoms with Crippen molar-refractivity contribution in [1.82, 2.24) is 25.4 Å². The largest absolute Gasteiger partial charge is 0.302 e. The van der Waals surface area contributed by atoms with Gasteiger partial charge in [0.05, 0.1) is 0 Å². The maximum Gasteiger partial charge on any atom is 0.296 e. The molecule has 0 bridgehead atoms. The number of hydrogen-bond acceptors (Lipinski definition) is 4. The molecule has 0 aliphatic carbocycles. The van der Waals surface area contributed by atoms with Gasteiger partial charge in [-0.25, -0.2) is 4.98 Å². The zero-order valence-electron chi connectivity index (χ0n) is 13.3. The summed E-state index contributed by atoms with van der Waals surface area (Å²) < 4.78 is 0. The molecule has 7 nitrogen and oxygen atoms in total. The molecule has 0 atom stereocenters. The van der Waals surface area contributed by atoms with E-state index in [0.29, 0.717) is 11.6 Å². The Morgan fingerprint density at radius 3 is 2.19 bits per heavy atom. The van der Waals surface area contributed by atoms with Crippen LogP contribution in [0, 0.1) is 0 Å². The Morgan fingerprint density at radius 1 is 1.05 bits per heavy atom. The Morgan fingerprint density at radius 2 is 1.71 bits per heavy atom. The highest BCUT2D eigenvalue weighted by Gasteiger charge is 2.22. The van der Waals surface area contributed by atoms with E-state index in [1.54, 1.807) is 0 Å². The number of aromatic amines is 2. The van der Waals surface area contributed by atoms with Crippen LogP contribution in [-0.4, -0.2) is 31.3 Å². The average molecular weight is 290 g/mol. The molecular formula is C14H22N6O. The van der Waals surface area contributed by atoms with Gasteiger partial charge in [0.15, 0.2) is 5.82 Å². The van der Waals surface area contributed by atoms with E-state index >= 15 is 0 Å². The van der Waals surface area contributed by atoms with Crippen LogP contribution in [0.25, 0.3) is 0 Å². The molecule has 0 spiro atoms. The molecule has 0 aliphatic heterocycles. The van der Waals surface area contributed by atoms with Crippen molar-refractivity contribution in [1.29, 1.82) is 0 Å². The van der Waals surface area contributed by atoms with E-state index in [-0.39, 0.29) is 22.6 Å². The normalized spacial score (nSPS) is 12.5. The minimum absolute atomic E-state index is 0.0556. The first-order valence-corrected chi connectivity index (χ1v) is 6.87. The molecule has 2 rings (SSSR count). The number of hydrogen-bond donors (Lipinski definition) is 3. The van der Waals surface area contributed by atoms with Crippen molar-refractivity contribution in [3.63, 3.8) is 0 Å². The highest BCUT2D eigenvalue weighted by molar-refractivity contribution is 6.00. The molecule has 0 saturated carbocycles. The van der Waals surface area contributed by atoms with Crippen LogP contribution in [0.2, 0.25) is 0 Å². The van der Waals surface area contributed by atoms with Crippen LogP contribution in [0.15, 0.2) is 6.07 Å². The number of carbonyl (C=O) groups excluding carboxylic acids is 1. The molecule has 0 unspecified atom stereocenters. The molecule has 0 aliphatic rings. The lowest BCUT2D eigenvalue weighted by Crippen LogP contribution is -2.16. The predicted molar refractivity (Wildman–Crippen MR) is 80.3 cm³/mol. The van der Waals surface area contributed by atoms with E-state index in [2.05, 4.69) is 51.5 Å². The van der Waals surface area contributed by atoms with Gasteiger partial charge < -0.3 is 5.32 Å². The van der Waals surface area contributed by atoms with Gasteiger partial charge in [0.25, 0.3) is 5.91 Å². The highest BCUT2D eigenvalue weighted by atomic mass is 16.2. The number of nitrogens with one attached hydrogen (secondary N) is 3. The number of carbonyl (C=O) groups is 1. The lowest BCUT2D eigenvalue weighted by atomic mass is 9.92. The maximum atomic E-state index is 12.1. The summed E-state index contributed by atoms with van der Waals surface area (Å²) in [5.74, 6) is 0.867. The van der Waals surface area contributed by atoms with Gasteiger partial charge in [-0.2, -0.15) is 5.10 Å². The Labute approximate surface area is 123 Å². The highest BCUT2D eigenvalue weighted by Crippen LogP contribution is 2.22. The van der Waals surface area contributed by atoms with Crippen LogP contribution >= 0.6 is 0 Å². The third kappa shape index (κ3) is 3.48. The number of amides is 1. The number of nitrogens with zero attached hydrogens (tertiary/aromatic N) is 3. The van der Waals surface area contributed by atoms with Gasteiger partial charge in [0.1, 0.15) is 5.82 Å². The number of aromatic nitrogens is 5. The van der Waals surface area contributed by atoms with Crippen LogP contribution < -0.4 is 5.32 Å². The molecule has 0 saturated heterocycles. The van der Waals surface area contributed by atoms with Crippen LogP contribution in [-0.2, 0) is 10.8 Å². The van der Waals surface area contributed by atoms with Gasteiger partial charge in [-0.05, 0) is 0 Å². The van der Waals surface area contributed by atoms with E-state index in [1.165, 1.54) is 0 Å². The molecule has 1 amide bonds. The number of rotatable bonds is 2. The fourth-order valence-electron chi connectivity index (χ4n) is 1.64. The molecule has 7 heteroatoms. The lowest BCUT2D eigenvalue weighted by molar-refractivity contribution is 0.101. The Hall–Kier alpha value is -2.18. The first-order chi connectivity index (χ1) is 9.57. The molecule has 2 aromatic heterocycles. The molecule has 0 aromatic carbocycles. The fourth-order valence-corrected chi connectivity index (χ4v) is 1.64. The van der Waals surface area contributed by atoms with Crippen LogP contribution in [0.1, 0.15) is 63.7 Å². The fraction of sp³-hybridized carbons (Fsp3) is 0.571. The van der Waals surface area contributed by atoms with E-state index in [4.69, 9.17) is 0 Å². The van der Waals surface area contributed by atoms with Gasteiger partial charge in [-0.3, -0.25) is 15.0 Å². The number of H-pyrrole nitrogens is 2. The minimum Gasteiger partial charge on any atom is -0.302 e. The van der Waals surface area contributed by atoms with E-state index in [9.17, 15) is 4.79 Å². The van der Waals surface area contributed by atoms with E-state index in [0.717, 1.165) is 5.69 Å². The van der Waals surface area contributed by atoms with Crippen molar-refractivity contribution in [3.05, 3.63) is 23.4 Å². The zero-order valence-corrected chi connectivity index (χ0v) is 13.3. The van der Waals surface area contributed by atoms with Crippen molar-refractivity contribution in [3.8, 4) is 0 Å². The van der Waals surface area contributed by atoms with E-state index in [1.807, 2.05) is 26.8 Å². The average Bonchev–Trinajstić information content (AvgIpc) is 2.94. The third-order valence-electron chi connectivity index (χ3n) is 3.03. The molecule has 21 heavy (non-hydrogen) atoms. The molecule has 0 fully saturated rings. The van der Waals surface area contributed by atoms with Crippen molar-refractivity contribution >= 4 is 11.7 Å². The van der Waals surface area contributed by atoms with Gasteiger partial charge in [0.2, 0.25) is 5.82 Å². The molecule has 114 valence electrons. The number of anilines is 1. The molecular weight excluding hydrogens is 268 g/mol. The first kappa shape index (κ1) is 15.2.